The molecule has 0 bridgehead atoms. The number of fused-ring (bicyclic) bond motifs is 4. The van der Waals surface area contributed by atoms with Crippen molar-refractivity contribution in [2.45, 2.75) is 53.4 Å². The third-order valence-corrected chi connectivity index (χ3v) is 6.33. The predicted molar refractivity (Wildman–Crippen MR) is 142 cm³/mol. The fraction of sp³-hybridized carbons (Fsp3) is 0.290. The van der Waals surface area contributed by atoms with Crippen molar-refractivity contribution in [2.75, 3.05) is 0 Å². The van der Waals surface area contributed by atoms with Gasteiger partial charge >= 0.3 is 0 Å². The summed E-state index contributed by atoms with van der Waals surface area (Å²) < 4.78 is 0. The Hall–Kier alpha value is -3.26. The first-order valence-electron chi connectivity index (χ1n) is 11.8. The summed E-state index contributed by atoms with van der Waals surface area (Å²) in [5.74, 6) is 0. The zero-order chi connectivity index (χ0) is 23.4. The van der Waals surface area contributed by atoms with Gasteiger partial charge in [0, 0.05) is 28.2 Å². The van der Waals surface area contributed by atoms with Crippen LogP contribution in [-0.2, 0) is 11.8 Å². The molecule has 3 aromatic carbocycles. The molecule has 0 unspecified atom stereocenters. The second-order valence-corrected chi connectivity index (χ2v) is 11.4. The van der Waals surface area contributed by atoms with Gasteiger partial charge in [-0.25, -0.2) is 0 Å². The largest absolute Gasteiger partial charge is 0.256 e. The maximum Gasteiger partial charge on any atom is 0.0780 e. The van der Waals surface area contributed by atoms with Gasteiger partial charge in [-0.3, -0.25) is 9.97 Å². The standard InChI is InChI=1S/C31H32N2/c1-30(2,3)19-22-11-12-25-24-15-16-32-29(26(24)13-14-28(25)33-22)21-17-20-9-7-8-10-23(20)27(18-21)31(4,5)6/h7-18H,19H2,1-6H3. The third-order valence-electron chi connectivity index (χ3n) is 6.33. The van der Waals surface area contributed by atoms with Crippen molar-refractivity contribution in [1.82, 2.24) is 9.97 Å². The number of hydrogen-bond acceptors (Lipinski definition) is 2. The van der Waals surface area contributed by atoms with E-state index < -0.39 is 0 Å². The van der Waals surface area contributed by atoms with E-state index in [0.29, 0.717) is 0 Å². The Bertz CT molecular complexity index is 1500. The maximum atomic E-state index is 4.98. The molecule has 5 rings (SSSR count). The smallest absolute Gasteiger partial charge is 0.0780 e. The minimum Gasteiger partial charge on any atom is -0.256 e. The highest BCUT2D eigenvalue weighted by Gasteiger charge is 2.20. The van der Waals surface area contributed by atoms with Gasteiger partial charge in [-0.1, -0.05) is 71.9 Å². The molecule has 2 heterocycles. The molecule has 0 saturated carbocycles. The van der Waals surface area contributed by atoms with Gasteiger partial charge in [0.25, 0.3) is 0 Å². The lowest BCUT2D eigenvalue weighted by Crippen LogP contribution is -2.12. The molecule has 0 aliphatic carbocycles. The molecule has 0 fully saturated rings. The van der Waals surface area contributed by atoms with Gasteiger partial charge in [0.05, 0.1) is 11.2 Å². The van der Waals surface area contributed by atoms with Crippen LogP contribution in [0.5, 0.6) is 0 Å². The SMILES string of the molecule is CC(C)(C)Cc1ccc2c(ccc3c(-c4cc(C(C)(C)C)c5ccccc5c4)nccc32)n1. The molecule has 0 saturated heterocycles. The minimum absolute atomic E-state index is 0.0419. The van der Waals surface area contributed by atoms with E-state index in [1.54, 1.807) is 0 Å². The Balaban J connectivity index is 1.72. The summed E-state index contributed by atoms with van der Waals surface area (Å²) >= 11 is 0. The van der Waals surface area contributed by atoms with Crippen LogP contribution in [0.1, 0.15) is 52.8 Å². The molecule has 0 aliphatic rings. The number of rotatable bonds is 2. The molecule has 0 aliphatic heterocycles. The molecule has 0 N–H and O–H groups in total. The first-order chi connectivity index (χ1) is 15.6. The van der Waals surface area contributed by atoms with Crippen LogP contribution in [0.2, 0.25) is 0 Å². The summed E-state index contributed by atoms with van der Waals surface area (Å²) in [6.45, 7) is 13.6. The molecule has 0 atom stereocenters. The predicted octanol–water partition coefficient (Wildman–Crippen LogP) is 8.49. The number of hydrogen-bond donors (Lipinski definition) is 0. The van der Waals surface area contributed by atoms with Crippen molar-refractivity contribution < 1.29 is 0 Å². The molecule has 33 heavy (non-hydrogen) atoms. The Morgan fingerprint density at radius 3 is 2.21 bits per heavy atom. The van der Waals surface area contributed by atoms with E-state index in [1.165, 1.54) is 38.1 Å². The lowest BCUT2D eigenvalue weighted by Gasteiger charge is -2.23. The fourth-order valence-electron chi connectivity index (χ4n) is 4.85. The van der Waals surface area contributed by atoms with Crippen LogP contribution in [0.15, 0.2) is 72.9 Å². The average molecular weight is 433 g/mol. The number of aromatic nitrogens is 2. The van der Waals surface area contributed by atoms with Crippen LogP contribution >= 0.6 is 0 Å². The lowest BCUT2D eigenvalue weighted by molar-refractivity contribution is 0.407. The lowest BCUT2D eigenvalue weighted by atomic mass is 9.82. The molecule has 2 nitrogen and oxygen atoms in total. The number of benzene rings is 3. The van der Waals surface area contributed by atoms with Crippen molar-refractivity contribution in [3.63, 3.8) is 0 Å². The monoisotopic (exact) mass is 432 g/mol. The summed E-state index contributed by atoms with van der Waals surface area (Å²) in [6.07, 6.45) is 2.90. The van der Waals surface area contributed by atoms with Crippen LogP contribution in [0.3, 0.4) is 0 Å². The Labute approximate surface area is 196 Å². The molecule has 5 aromatic rings. The summed E-state index contributed by atoms with van der Waals surface area (Å²) in [7, 11) is 0. The van der Waals surface area contributed by atoms with Gasteiger partial charge < -0.3 is 0 Å². The molecular weight excluding hydrogens is 400 g/mol. The van der Waals surface area contributed by atoms with E-state index in [-0.39, 0.29) is 10.8 Å². The normalized spacial score (nSPS) is 12.7. The maximum absolute atomic E-state index is 4.98. The van der Waals surface area contributed by atoms with Crippen molar-refractivity contribution in [3.05, 3.63) is 84.2 Å². The minimum atomic E-state index is 0.0419. The quantitative estimate of drug-likeness (QED) is 0.261. The second kappa shape index (κ2) is 7.66. The third kappa shape index (κ3) is 4.11. The Kier molecular flexibility index (Phi) is 5.01. The van der Waals surface area contributed by atoms with E-state index in [2.05, 4.69) is 108 Å². The first-order valence-corrected chi connectivity index (χ1v) is 11.8. The number of nitrogens with zero attached hydrogens (tertiary/aromatic N) is 2. The van der Waals surface area contributed by atoms with Crippen LogP contribution < -0.4 is 0 Å². The fourth-order valence-corrected chi connectivity index (χ4v) is 4.85. The topological polar surface area (TPSA) is 25.8 Å². The van der Waals surface area contributed by atoms with Crippen molar-refractivity contribution in [3.8, 4) is 11.3 Å². The summed E-state index contributed by atoms with van der Waals surface area (Å²) in [4.78, 5) is 9.84. The molecule has 0 spiro atoms. The van der Waals surface area contributed by atoms with Crippen molar-refractivity contribution in [2.24, 2.45) is 5.41 Å². The van der Waals surface area contributed by atoms with Crippen LogP contribution in [-0.4, -0.2) is 9.97 Å². The zero-order valence-electron chi connectivity index (χ0n) is 20.5. The molecule has 0 amide bonds. The first kappa shape index (κ1) is 21.6. The highest BCUT2D eigenvalue weighted by Crippen LogP contribution is 2.37. The van der Waals surface area contributed by atoms with E-state index in [9.17, 15) is 0 Å². The van der Waals surface area contributed by atoms with Gasteiger partial charge in [0.15, 0.2) is 0 Å². The van der Waals surface area contributed by atoms with Crippen molar-refractivity contribution >= 4 is 32.4 Å². The second-order valence-electron chi connectivity index (χ2n) is 11.4. The molecular formula is C31H32N2. The van der Waals surface area contributed by atoms with Gasteiger partial charge in [-0.15, -0.1) is 0 Å². The van der Waals surface area contributed by atoms with Gasteiger partial charge in [0.1, 0.15) is 0 Å². The highest BCUT2D eigenvalue weighted by molar-refractivity contribution is 6.10. The summed E-state index contributed by atoms with van der Waals surface area (Å²) in [6, 6.07) is 24.2. The van der Waals surface area contributed by atoms with Crippen LogP contribution in [0.25, 0.3) is 43.7 Å². The van der Waals surface area contributed by atoms with E-state index >= 15 is 0 Å². The molecule has 2 heteroatoms. The molecule has 2 aromatic heterocycles. The van der Waals surface area contributed by atoms with Gasteiger partial charge in [-0.05, 0) is 75.4 Å². The van der Waals surface area contributed by atoms with E-state index in [0.717, 1.165) is 23.3 Å². The van der Waals surface area contributed by atoms with E-state index in [4.69, 9.17) is 9.97 Å². The Morgan fingerprint density at radius 2 is 1.45 bits per heavy atom. The molecule has 0 radical (unpaired) electrons. The summed E-state index contributed by atoms with van der Waals surface area (Å²) in [5, 5.41) is 6.14. The van der Waals surface area contributed by atoms with Crippen molar-refractivity contribution in [1.29, 1.82) is 0 Å². The van der Waals surface area contributed by atoms with Gasteiger partial charge in [-0.2, -0.15) is 0 Å². The van der Waals surface area contributed by atoms with E-state index in [1.807, 2.05) is 6.20 Å². The highest BCUT2D eigenvalue weighted by atomic mass is 14.7. The molecule has 166 valence electrons. The van der Waals surface area contributed by atoms with Crippen LogP contribution in [0.4, 0.5) is 0 Å². The van der Waals surface area contributed by atoms with Gasteiger partial charge in [0.2, 0.25) is 0 Å². The summed E-state index contributed by atoms with van der Waals surface area (Å²) in [5.41, 5.74) is 6.01. The zero-order valence-corrected chi connectivity index (χ0v) is 20.5. The number of pyridine rings is 2. The average Bonchev–Trinajstić information content (AvgIpc) is 2.75. The Morgan fingerprint density at radius 1 is 0.697 bits per heavy atom. The van der Waals surface area contributed by atoms with Crippen LogP contribution in [0, 0.1) is 5.41 Å².